The van der Waals surface area contributed by atoms with E-state index < -0.39 is 12.1 Å². The van der Waals surface area contributed by atoms with Gasteiger partial charge in [0.05, 0.1) is 12.4 Å². The summed E-state index contributed by atoms with van der Waals surface area (Å²) < 4.78 is 0. The SMILES string of the molecule is CC(=O)C(Cc1ccc(O)cc1)NC(=O)CC(CCCN=CN)NO.CN. The monoisotopic (exact) mass is 381 g/mol. The minimum Gasteiger partial charge on any atom is -0.508 e. The first kappa shape index (κ1) is 24.5. The van der Waals surface area contributed by atoms with Gasteiger partial charge in [-0.15, -0.1) is 0 Å². The summed E-state index contributed by atoms with van der Waals surface area (Å²) in [4.78, 5) is 27.8. The smallest absolute Gasteiger partial charge is 0.222 e. The normalized spacial score (nSPS) is 12.7. The zero-order valence-electron chi connectivity index (χ0n) is 15.9. The van der Waals surface area contributed by atoms with Crippen molar-refractivity contribution >= 4 is 18.0 Å². The molecule has 1 amide bonds. The second kappa shape index (κ2) is 14.7. The van der Waals surface area contributed by atoms with E-state index in [0.717, 1.165) is 5.56 Å². The van der Waals surface area contributed by atoms with Crippen molar-refractivity contribution in [3.8, 4) is 5.75 Å². The second-order valence-corrected chi connectivity index (χ2v) is 5.83. The number of carbonyl (C=O) groups is 2. The van der Waals surface area contributed by atoms with Gasteiger partial charge in [0.2, 0.25) is 5.91 Å². The molecule has 1 aromatic carbocycles. The zero-order valence-corrected chi connectivity index (χ0v) is 15.9. The molecule has 152 valence electrons. The molecular weight excluding hydrogens is 350 g/mol. The number of benzene rings is 1. The summed E-state index contributed by atoms with van der Waals surface area (Å²) in [7, 11) is 1.50. The molecule has 0 heterocycles. The van der Waals surface area contributed by atoms with Crippen LogP contribution in [0.5, 0.6) is 5.75 Å². The van der Waals surface area contributed by atoms with Crippen LogP contribution in [-0.4, -0.2) is 54.0 Å². The maximum atomic E-state index is 12.2. The minimum atomic E-state index is -0.654. The molecular formula is C18H31N5O4. The Hall–Kier alpha value is -2.49. The summed E-state index contributed by atoms with van der Waals surface area (Å²) in [5.74, 6) is -0.344. The van der Waals surface area contributed by atoms with Gasteiger partial charge in [0.15, 0.2) is 5.78 Å². The molecule has 9 nitrogen and oxygen atoms in total. The number of phenolic OH excluding ortho intramolecular Hbond substituents is 1. The number of nitrogens with zero attached hydrogens (tertiary/aromatic N) is 1. The third kappa shape index (κ3) is 11.0. The highest BCUT2D eigenvalue weighted by Gasteiger charge is 2.20. The summed E-state index contributed by atoms with van der Waals surface area (Å²) in [6.07, 6.45) is 2.81. The predicted octanol–water partition coefficient (Wildman–Crippen LogP) is 0.0881. The standard InChI is InChI=1S/C17H26N4O4.CH5N/c1-12(22)16(9-13-4-6-15(23)7-5-13)20-17(24)10-14(21-25)3-2-8-19-11-18;1-2/h4-7,11,14,16,21,23,25H,2-3,8-10H2,1H3,(H2,18,19)(H,20,24);2H2,1H3. The average molecular weight is 381 g/mol. The number of Topliss-reactive ketones (excluding diaryl/α,β-unsaturated/α-hetero) is 1. The van der Waals surface area contributed by atoms with Gasteiger partial charge in [-0.25, -0.2) is 5.48 Å². The highest BCUT2D eigenvalue weighted by Crippen LogP contribution is 2.12. The first-order chi connectivity index (χ1) is 13.0. The Balaban J connectivity index is 0.00000326. The minimum absolute atomic E-state index is 0.0438. The lowest BCUT2D eigenvalue weighted by Crippen LogP contribution is -2.43. The lowest BCUT2D eigenvalue weighted by atomic mass is 10.0. The number of phenols is 1. The van der Waals surface area contributed by atoms with E-state index in [1.807, 2.05) is 0 Å². The van der Waals surface area contributed by atoms with Crippen LogP contribution in [0.3, 0.4) is 0 Å². The van der Waals surface area contributed by atoms with Gasteiger partial charge in [0.25, 0.3) is 0 Å². The summed E-state index contributed by atoms with van der Waals surface area (Å²) in [6, 6.07) is 5.39. The van der Waals surface area contributed by atoms with Crippen molar-refractivity contribution in [2.45, 2.75) is 44.7 Å². The number of aliphatic imine (C=N–C) groups is 1. The van der Waals surface area contributed by atoms with Crippen molar-refractivity contribution in [3.63, 3.8) is 0 Å². The van der Waals surface area contributed by atoms with E-state index in [-0.39, 0.29) is 23.9 Å². The van der Waals surface area contributed by atoms with Gasteiger partial charge in [-0.2, -0.15) is 0 Å². The van der Waals surface area contributed by atoms with Crippen molar-refractivity contribution in [2.24, 2.45) is 16.5 Å². The summed E-state index contributed by atoms with van der Waals surface area (Å²) in [5, 5.41) is 21.1. The number of nitrogens with two attached hydrogens (primary N) is 2. The Bertz CT molecular complexity index is 578. The third-order valence-corrected chi connectivity index (χ3v) is 3.76. The fraction of sp³-hybridized carbons (Fsp3) is 0.500. The molecule has 1 aromatic rings. The quantitative estimate of drug-likeness (QED) is 0.137. The van der Waals surface area contributed by atoms with Crippen molar-refractivity contribution in [1.29, 1.82) is 0 Å². The molecule has 27 heavy (non-hydrogen) atoms. The van der Waals surface area contributed by atoms with E-state index in [9.17, 15) is 14.7 Å². The summed E-state index contributed by atoms with van der Waals surface area (Å²) in [5.41, 5.74) is 12.6. The molecule has 0 bridgehead atoms. The molecule has 8 N–H and O–H groups in total. The number of hydroxylamine groups is 1. The molecule has 0 aliphatic heterocycles. The van der Waals surface area contributed by atoms with Gasteiger partial charge in [-0.05, 0) is 50.9 Å². The maximum absolute atomic E-state index is 12.2. The average Bonchev–Trinajstić information content (AvgIpc) is 2.66. The third-order valence-electron chi connectivity index (χ3n) is 3.76. The molecule has 0 aliphatic rings. The van der Waals surface area contributed by atoms with Crippen LogP contribution in [0.15, 0.2) is 29.3 Å². The van der Waals surface area contributed by atoms with Crippen LogP contribution in [-0.2, 0) is 16.0 Å². The lowest BCUT2D eigenvalue weighted by Gasteiger charge is -2.19. The Morgan fingerprint density at radius 1 is 1.26 bits per heavy atom. The van der Waals surface area contributed by atoms with E-state index in [1.165, 1.54) is 32.4 Å². The zero-order chi connectivity index (χ0) is 20.7. The van der Waals surface area contributed by atoms with Crippen molar-refractivity contribution in [1.82, 2.24) is 10.8 Å². The Kier molecular flexibility index (Phi) is 13.3. The van der Waals surface area contributed by atoms with Gasteiger partial charge >= 0.3 is 0 Å². The van der Waals surface area contributed by atoms with Gasteiger partial charge in [0.1, 0.15) is 5.75 Å². The van der Waals surface area contributed by atoms with E-state index in [2.05, 4.69) is 21.5 Å². The Morgan fingerprint density at radius 3 is 2.41 bits per heavy atom. The molecule has 9 heteroatoms. The molecule has 2 atom stereocenters. The van der Waals surface area contributed by atoms with Crippen LogP contribution >= 0.6 is 0 Å². The largest absolute Gasteiger partial charge is 0.508 e. The number of hydrogen-bond donors (Lipinski definition) is 6. The molecule has 0 aromatic heterocycles. The van der Waals surface area contributed by atoms with Gasteiger partial charge < -0.3 is 27.1 Å². The molecule has 0 fully saturated rings. The molecule has 0 saturated heterocycles. The molecule has 2 unspecified atom stereocenters. The second-order valence-electron chi connectivity index (χ2n) is 5.83. The highest BCUT2D eigenvalue weighted by atomic mass is 16.5. The Labute approximate surface area is 159 Å². The van der Waals surface area contributed by atoms with E-state index in [1.54, 1.807) is 12.1 Å². The topological polar surface area (TPSA) is 163 Å². The van der Waals surface area contributed by atoms with Crippen LogP contribution in [0.25, 0.3) is 0 Å². The van der Waals surface area contributed by atoms with Crippen molar-refractivity contribution in [3.05, 3.63) is 29.8 Å². The van der Waals surface area contributed by atoms with Crippen LogP contribution in [0.1, 0.15) is 31.7 Å². The molecule has 0 spiro atoms. The first-order valence-corrected chi connectivity index (χ1v) is 8.71. The number of hydrogen-bond acceptors (Lipinski definition) is 7. The number of nitrogens with one attached hydrogen (secondary N) is 2. The highest BCUT2D eigenvalue weighted by molar-refractivity contribution is 5.87. The van der Waals surface area contributed by atoms with Crippen LogP contribution in [0.2, 0.25) is 0 Å². The van der Waals surface area contributed by atoms with Gasteiger partial charge in [-0.1, -0.05) is 12.1 Å². The van der Waals surface area contributed by atoms with E-state index >= 15 is 0 Å². The maximum Gasteiger partial charge on any atom is 0.222 e. The summed E-state index contributed by atoms with van der Waals surface area (Å²) >= 11 is 0. The van der Waals surface area contributed by atoms with Crippen molar-refractivity contribution < 1.29 is 19.9 Å². The number of aromatic hydroxyl groups is 1. The lowest BCUT2D eigenvalue weighted by molar-refractivity contribution is -0.127. The van der Waals surface area contributed by atoms with Crippen LogP contribution in [0.4, 0.5) is 0 Å². The van der Waals surface area contributed by atoms with Crippen LogP contribution < -0.4 is 22.3 Å². The fourth-order valence-corrected chi connectivity index (χ4v) is 2.36. The molecule has 0 saturated carbocycles. The predicted molar refractivity (Wildman–Crippen MR) is 105 cm³/mol. The number of amides is 1. The van der Waals surface area contributed by atoms with Crippen molar-refractivity contribution in [2.75, 3.05) is 13.6 Å². The summed E-state index contributed by atoms with van der Waals surface area (Å²) in [6.45, 7) is 1.94. The number of ketones is 1. The van der Waals surface area contributed by atoms with E-state index in [4.69, 9.17) is 10.9 Å². The first-order valence-electron chi connectivity index (χ1n) is 8.71. The van der Waals surface area contributed by atoms with Gasteiger partial charge in [0, 0.05) is 19.0 Å². The molecule has 0 radical (unpaired) electrons. The molecule has 0 aliphatic carbocycles. The van der Waals surface area contributed by atoms with Gasteiger partial charge in [-0.3, -0.25) is 14.6 Å². The Morgan fingerprint density at radius 2 is 1.89 bits per heavy atom. The fourth-order valence-electron chi connectivity index (χ4n) is 2.36. The number of rotatable bonds is 11. The van der Waals surface area contributed by atoms with Crippen LogP contribution in [0, 0.1) is 0 Å². The van der Waals surface area contributed by atoms with E-state index in [0.29, 0.717) is 25.8 Å². The number of carbonyl (C=O) groups excluding carboxylic acids is 2. The molecule has 1 rings (SSSR count).